The average Bonchev–Trinajstić information content (AvgIpc) is 2.16. The van der Waals surface area contributed by atoms with Crippen molar-refractivity contribution in [2.45, 2.75) is 11.8 Å². The number of carbonyl (C=O) groups is 1. The van der Waals surface area contributed by atoms with Crippen molar-refractivity contribution < 1.29 is 9.53 Å². The summed E-state index contributed by atoms with van der Waals surface area (Å²) in [6, 6.07) is 5.13. The Kier molecular flexibility index (Phi) is 3.78. The largest absolute Gasteiger partial charge is 0.497 e. The summed E-state index contributed by atoms with van der Waals surface area (Å²) in [5.41, 5.74) is 1.33. The number of benzene rings is 1. The first-order valence-corrected chi connectivity index (χ1v) is 4.90. The summed E-state index contributed by atoms with van der Waals surface area (Å²) >= 11 is 11.0. The number of hydrogen-bond donors (Lipinski definition) is 0. The summed E-state index contributed by atoms with van der Waals surface area (Å²) in [6.07, 6.45) is 0. The van der Waals surface area contributed by atoms with Gasteiger partial charge in [0.1, 0.15) is 5.75 Å². The van der Waals surface area contributed by atoms with E-state index < -0.39 is 4.84 Å². The van der Waals surface area contributed by atoms with Gasteiger partial charge in [-0.3, -0.25) is 4.79 Å². The van der Waals surface area contributed by atoms with E-state index in [4.69, 9.17) is 27.9 Å². The minimum Gasteiger partial charge on any atom is -0.497 e. The van der Waals surface area contributed by atoms with Crippen LogP contribution in [0.2, 0.25) is 0 Å². The summed E-state index contributed by atoms with van der Waals surface area (Å²) < 4.78 is 5.01. The topological polar surface area (TPSA) is 26.3 Å². The minimum atomic E-state index is -1.01. The first-order valence-electron chi connectivity index (χ1n) is 4.03. The van der Waals surface area contributed by atoms with E-state index in [0.29, 0.717) is 11.3 Å². The Morgan fingerprint density at radius 1 is 1.43 bits per heavy atom. The molecule has 0 unspecified atom stereocenters. The van der Waals surface area contributed by atoms with Gasteiger partial charge in [-0.2, -0.15) is 0 Å². The van der Waals surface area contributed by atoms with Crippen LogP contribution in [0.1, 0.15) is 15.9 Å². The molecule has 0 aromatic heterocycles. The van der Waals surface area contributed by atoms with Crippen molar-refractivity contribution in [3.05, 3.63) is 29.3 Å². The normalized spacial score (nSPS) is 10.4. The molecule has 0 spiro atoms. The second-order valence-corrected chi connectivity index (χ2v) is 3.94. The summed E-state index contributed by atoms with van der Waals surface area (Å²) in [7, 11) is 1.57. The van der Waals surface area contributed by atoms with E-state index in [1.807, 2.05) is 6.92 Å². The van der Waals surface area contributed by atoms with E-state index >= 15 is 0 Å². The van der Waals surface area contributed by atoms with Crippen molar-refractivity contribution in [3.8, 4) is 5.75 Å². The molecule has 1 rings (SSSR count). The van der Waals surface area contributed by atoms with E-state index in [1.165, 1.54) is 0 Å². The van der Waals surface area contributed by atoms with Gasteiger partial charge in [-0.1, -0.05) is 23.2 Å². The molecule has 0 bridgehead atoms. The number of aryl methyl sites for hydroxylation is 1. The molecule has 76 valence electrons. The molecule has 0 saturated carbocycles. The lowest BCUT2D eigenvalue weighted by molar-refractivity contribution is 0.101. The molecule has 0 radical (unpaired) electrons. The van der Waals surface area contributed by atoms with Gasteiger partial charge in [0.15, 0.2) is 10.6 Å². The van der Waals surface area contributed by atoms with Gasteiger partial charge in [0.05, 0.1) is 7.11 Å². The molecule has 2 nitrogen and oxygen atoms in total. The Morgan fingerprint density at radius 2 is 2.07 bits per heavy atom. The quantitative estimate of drug-likeness (QED) is 0.592. The van der Waals surface area contributed by atoms with E-state index in [-0.39, 0.29) is 5.78 Å². The third kappa shape index (κ3) is 2.40. The third-order valence-electron chi connectivity index (χ3n) is 1.90. The monoisotopic (exact) mass is 232 g/mol. The second kappa shape index (κ2) is 4.67. The Hall–Kier alpha value is -0.730. The highest BCUT2D eigenvalue weighted by atomic mass is 35.5. The summed E-state index contributed by atoms with van der Waals surface area (Å²) in [5, 5.41) is 0. The van der Waals surface area contributed by atoms with Gasteiger partial charge in [-0.15, -0.1) is 0 Å². The molecule has 0 aliphatic rings. The maximum atomic E-state index is 11.5. The Morgan fingerprint density at radius 3 is 2.50 bits per heavy atom. The van der Waals surface area contributed by atoms with Crippen molar-refractivity contribution in [1.29, 1.82) is 0 Å². The predicted octanol–water partition coefficient (Wildman–Crippen LogP) is 2.99. The first kappa shape index (κ1) is 11.3. The molecule has 14 heavy (non-hydrogen) atoms. The molecular weight excluding hydrogens is 223 g/mol. The van der Waals surface area contributed by atoms with Crippen LogP contribution in [0.3, 0.4) is 0 Å². The Labute approximate surface area is 92.8 Å². The number of rotatable bonds is 3. The van der Waals surface area contributed by atoms with Crippen LogP contribution in [0, 0.1) is 6.92 Å². The number of hydrogen-bond acceptors (Lipinski definition) is 2. The number of methoxy groups -OCH3 is 1. The van der Waals surface area contributed by atoms with Gasteiger partial charge in [-0.25, -0.2) is 0 Å². The molecule has 0 atom stereocenters. The molecular formula is C10H10Cl2O2. The summed E-state index contributed by atoms with van der Waals surface area (Å²) in [6.45, 7) is 1.81. The average molecular weight is 233 g/mol. The van der Waals surface area contributed by atoms with Crippen molar-refractivity contribution >= 4 is 29.0 Å². The smallest absolute Gasteiger partial charge is 0.195 e. The highest BCUT2D eigenvalue weighted by Gasteiger charge is 2.16. The fourth-order valence-corrected chi connectivity index (χ4v) is 1.39. The zero-order valence-electron chi connectivity index (χ0n) is 7.88. The zero-order chi connectivity index (χ0) is 10.7. The maximum Gasteiger partial charge on any atom is 0.195 e. The highest BCUT2D eigenvalue weighted by Crippen LogP contribution is 2.20. The van der Waals surface area contributed by atoms with Crippen molar-refractivity contribution in [2.75, 3.05) is 7.11 Å². The predicted molar refractivity (Wildman–Crippen MR) is 57.6 cm³/mol. The molecule has 4 heteroatoms. The lowest BCUT2D eigenvalue weighted by Gasteiger charge is -2.07. The van der Waals surface area contributed by atoms with Gasteiger partial charge < -0.3 is 4.74 Å². The van der Waals surface area contributed by atoms with Gasteiger partial charge in [0.2, 0.25) is 0 Å². The Bertz CT molecular complexity index is 348. The number of ketones is 1. The van der Waals surface area contributed by atoms with Crippen LogP contribution >= 0.6 is 23.2 Å². The fraction of sp³-hybridized carbons (Fsp3) is 0.300. The lowest BCUT2D eigenvalue weighted by Crippen LogP contribution is -2.09. The SMILES string of the molecule is COc1ccc(C(=O)C(Cl)Cl)c(C)c1. The van der Waals surface area contributed by atoms with Gasteiger partial charge in [-0.05, 0) is 30.7 Å². The van der Waals surface area contributed by atoms with Gasteiger partial charge >= 0.3 is 0 Å². The van der Waals surface area contributed by atoms with Crippen LogP contribution in [0.15, 0.2) is 18.2 Å². The molecule has 1 aromatic rings. The third-order valence-corrected chi connectivity index (χ3v) is 2.29. The molecule has 0 amide bonds. The van der Waals surface area contributed by atoms with Crippen LogP contribution in [0.4, 0.5) is 0 Å². The van der Waals surface area contributed by atoms with Crippen molar-refractivity contribution in [1.82, 2.24) is 0 Å². The van der Waals surface area contributed by atoms with E-state index in [0.717, 1.165) is 5.56 Å². The lowest BCUT2D eigenvalue weighted by atomic mass is 10.1. The van der Waals surface area contributed by atoms with Crippen LogP contribution in [-0.4, -0.2) is 17.7 Å². The van der Waals surface area contributed by atoms with Crippen LogP contribution in [0.5, 0.6) is 5.75 Å². The number of halogens is 2. The molecule has 0 saturated heterocycles. The number of alkyl halides is 2. The van der Waals surface area contributed by atoms with Crippen LogP contribution in [-0.2, 0) is 0 Å². The molecule has 0 aliphatic heterocycles. The van der Waals surface area contributed by atoms with E-state index in [1.54, 1.807) is 25.3 Å². The standard InChI is InChI=1S/C10H10Cl2O2/c1-6-5-7(14-2)3-4-8(6)9(13)10(11)12/h3-5,10H,1-2H3. The highest BCUT2D eigenvalue weighted by molar-refractivity contribution is 6.55. The Balaban J connectivity index is 3.06. The van der Waals surface area contributed by atoms with E-state index in [9.17, 15) is 4.79 Å². The minimum absolute atomic E-state index is 0.284. The zero-order valence-corrected chi connectivity index (χ0v) is 9.39. The molecule has 0 fully saturated rings. The van der Waals surface area contributed by atoms with E-state index in [2.05, 4.69) is 0 Å². The maximum absolute atomic E-state index is 11.5. The summed E-state index contributed by atoms with van der Waals surface area (Å²) in [4.78, 5) is 10.4. The molecule has 0 aliphatic carbocycles. The van der Waals surface area contributed by atoms with Gasteiger partial charge in [0, 0.05) is 5.56 Å². The molecule has 0 heterocycles. The van der Waals surface area contributed by atoms with Crippen LogP contribution < -0.4 is 4.74 Å². The van der Waals surface area contributed by atoms with Crippen LogP contribution in [0.25, 0.3) is 0 Å². The molecule has 1 aromatic carbocycles. The summed E-state index contributed by atoms with van der Waals surface area (Å²) in [5.74, 6) is 0.424. The number of ether oxygens (including phenoxy) is 1. The molecule has 0 N–H and O–H groups in total. The second-order valence-electron chi connectivity index (χ2n) is 2.85. The van der Waals surface area contributed by atoms with Crippen molar-refractivity contribution in [3.63, 3.8) is 0 Å². The van der Waals surface area contributed by atoms with Gasteiger partial charge in [0.25, 0.3) is 0 Å². The fourth-order valence-electron chi connectivity index (χ4n) is 1.16. The number of carbonyl (C=O) groups excluding carboxylic acids is 1. The van der Waals surface area contributed by atoms with Crippen molar-refractivity contribution in [2.24, 2.45) is 0 Å². The first-order chi connectivity index (χ1) is 6.56. The number of Topliss-reactive ketones (excluding diaryl/α,β-unsaturated/α-hetero) is 1.